The lowest BCUT2D eigenvalue weighted by molar-refractivity contribution is 0.191. The third kappa shape index (κ3) is 3.24. The van der Waals surface area contributed by atoms with Crippen LogP contribution >= 0.6 is 0 Å². The van der Waals surface area contributed by atoms with Gasteiger partial charge in [0.2, 0.25) is 0 Å². The average molecular weight is 287 g/mol. The molecule has 1 saturated heterocycles. The molecule has 5 heteroatoms. The summed E-state index contributed by atoms with van der Waals surface area (Å²) in [4.78, 5) is 2.56. The summed E-state index contributed by atoms with van der Waals surface area (Å²) in [6, 6.07) is 6.83. The maximum atomic E-state index is 4.35. The maximum Gasteiger partial charge on any atom is 0.160 e. The van der Waals surface area contributed by atoms with E-state index in [1.54, 1.807) is 0 Å². The van der Waals surface area contributed by atoms with Crippen molar-refractivity contribution in [3.63, 3.8) is 0 Å². The lowest BCUT2D eigenvalue weighted by Gasteiger charge is -2.33. The van der Waals surface area contributed by atoms with Gasteiger partial charge < -0.3 is 10.2 Å². The van der Waals surface area contributed by atoms with Gasteiger partial charge in [-0.2, -0.15) is 0 Å². The van der Waals surface area contributed by atoms with Crippen LogP contribution in [-0.4, -0.2) is 45.2 Å². The molecular weight excluding hydrogens is 262 g/mol. The number of pyridine rings is 1. The molecule has 21 heavy (non-hydrogen) atoms. The number of fused-ring (bicyclic) bond motifs is 1. The van der Waals surface area contributed by atoms with Gasteiger partial charge in [0.15, 0.2) is 11.5 Å². The van der Waals surface area contributed by atoms with Crippen molar-refractivity contribution in [3.8, 4) is 0 Å². The van der Waals surface area contributed by atoms with Crippen LogP contribution in [0.4, 0.5) is 0 Å². The fourth-order valence-electron chi connectivity index (χ4n) is 3.22. The molecule has 1 aliphatic heterocycles. The Bertz CT molecular complexity index is 571. The number of hydrogen-bond donors (Lipinski definition) is 1. The van der Waals surface area contributed by atoms with Gasteiger partial charge >= 0.3 is 0 Å². The van der Waals surface area contributed by atoms with Crippen LogP contribution in [0.25, 0.3) is 5.65 Å². The van der Waals surface area contributed by atoms with E-state index in [9.17, 15) is 0 Å². The van der Waals surface area contributed by atoms with Crippen LogP contribution in [-0.2, 0) is 0 Å². The van der Waals surface area contributed by atoms with E-state index in [1.807, 2.05) is 24.4 Å². The Morgan fingerprint density at radius 3 is 2.86 bits per heavy atom. The van der Waals surface area contributed by atoms with E-state index in [0.29, 0.717) is 6.04 Å². The van der Waals surface area contributed by atoms with Crippen molar-refractivity contribution in [2.45, 2.75) is 45.2 Å². The fourth-order valence-corrected chi connectivity index (χ4v) is 3.22. The molecule has 0 bridgehead atoms. The van der Waals surface area contributed by atoms with Crippen LogP contribution in [0.5, 0.6) is 0 Å². The number of rotatable bonds is 5. The molecule has 0 radical (unpaired) electrons. The molecule has 1 N–H and O–H groups in total. The minimum Gasteiger partial charge on any atom is -0.305 e. The Morgan fingerprint density at radius 2 is 2.10 bits per heavy atom. The predicted molar refractivity (Wildman–Crippen MR) is 84.3 cm³/mol. The van der Waals surface area contributed by atoms with Gasteiger partial charge in [0.05, 0.1) is 6.04 Å². The molecule has 1 aliphatic rings. The number of hydrogen-bond acceptors (Lipinski definition) is 4. The van der Waals surface area contributed by atoms with E-state index in [1.165, 1.54) is 38.9 Å². The van der Waals surface area contributed by atoms with Crippen molar-refractivity contribution in [1.82, 2.24) is 24.8 Å². The van der Waals surface area contributed by atoms with E-state index in [0.717, 1.165) is 11.5 Å². The molecular formula is C16H25N5. The number of aromatic nitrogens is 3. The summed E-state index contributed by atoms with van der Waals surface area (Å²) in [6.07, 6.45) is 5.73. The quantitative estimate of drug-likeness (QED) is 0.916. The largest absolute Gasteiger partial charge is 0.305 e. The van der Waals surface area contributed by atoms with Crippen LogP contribution in [0.15, 0.2) is 24.4 Å². The molecule has 1 atom stereocenters. The van der Waals surface area contributed by atoms with Crippen molar-refractivity contribution in [3.05, 3.63) is 30.2 Å². The summed E-state index contributed by atoms with van der Waals surface area (Å²) in [7, 11) is 0. The average Bonchev–Trinajstić information content (AvgIpc) is 2.93. The highest BCUT2D eigenvalue weighted by Crippen LogP contribution is 2.17. The van der Waals surface area contributed by atoms with Gasteiger partial charge in [-0.1, -0.05) is 13.0 Å². The highest BCUT2D eigenvalue weighted by Gasteiger charge is 2.22. The van der Waals surface area contributed by atoms with Crippen LogP contribution in [0, 0.1) is 0 Å². The summed E-state index contributed by atoms with van der Waals surface area (Å²) in [6.45, 7) is 8.08. The number of likely N-dealkylation sites (tertiary alicyclic amines) is 1. The first-order valence-electron chi connectivity index (χ1n) is 8.06. The zero-order valence-electron chi connectivity index (χ0n) is 13.0. The summed E-state index contributed by atoms with van der Waals surface area (Å²) in [5, 5.41) is 12.3. The second-order valence-corrected chi connectivity index (χ2v) is 5.99. The van der Waals surface area contributed by atoms with Crippen molar-refractivity contribution >= 4 is 5.65 Å². The molecule has 2 aromatic rings. The molecule has 3 heterocycles. The monoisotopic (exact) mass is 287 g/mol. The Kier molecular flexibility index (Phi) is 4.51. The SMILES string of the molecule is CCCN1CCC(NC(C)c2nnc3ccccn23)CC1. The summed E-state index contributed by atoms with van der Waals surface area (Å²) in [5.74, 6) is 1.00. The third-order valence-corrected chi connectivity index (χ3v) is 4.34. The summed E-state index contributed by atoms with van der Waals surface area (Å²) in [5.41, 5.74) is 0.916. The summed E-state index contributed by atoms with van der Waals surface area (Å²) >= 11 is 0. The van der Waals surface area contributed by atoms with E-state index in [2.05, 4.69) is 38.7 Å². The Morgan fingerprint density at radius 1 is 1.29 bits per heavy atom. The van der Waals surface area contributed by atoms with Crippen LogP contribution in [0.3, 0.4) is 0 Å². The first-order valence-corrected chi connectivity index (χ1v) is 8.06. The van der Waals surface area contributed by atoms with Crippen molar-refractivity contribution in [1.29, 1.82) is 0 Å². The molecule has 0 aliphatic carbocycles. The van der Waals surface area contributed by atoms with Gasteiger partial charge in [-0.3, -0.25) is 4.40 Å². The zero-order valence-corrected chi connectivity index (χ0v) is 13.0. The van der Waals surface area contributed by atoms with Crippen molar-refractivity contribution in [2.24, 2.45) is 0 Å². The second kappa shape index (κ2) is 6.54. The molecule has 1 unspecified atom stereocenters. The molecule has 0 amide bonds. The number of nitrogens with zero attached hydrogens (tertiary/aromatic N) is 4. The van der Waals surface area contributed by atoms with Crippen molar-refractivity contribution in [2.75, 3.05) is 19.6 Å². The number of piperidine rings is 1. The first-order chi connectivity index (χ1) is 10.3. The van der Waals surface area contributed by atoms with Gasteiger partial charge in [-0.05, 0) is 58.0 Å². The fraction of sp³-hybridized carbons (Fsp3) is 0.625. The van der Waals surface area contributed by atoms with Gasteiger partial charge in [0.1, 0.15) is 0 Å². The topological polar surface area (TPSA) is 45.5 Å². The molecule has 0 saturated carbocycles. The molecule has 2 aromatic heterocycles. The summed E-state index contributed by atoms with van der Waals surface area (Å²) < 4.78 is 2.07. The van der Waals surface area contributed by atoms with Gasteiger partial charge in [-0.25, -0.2) is 0 Å². The van der Waals surface area contributed by atoms with E-state index < -0.39 is 0 Å². The predicted octanol–water partition coefficient (Wildman–Crippen LogP) is 2.25. The van der Waals surface area contributed by atoms with E-state index >= 15 is 0 Å². The minimum absolute atomic E-state index is 0.227. The molecule has 1 fully saturated rings. The van der Waals surface area contributed by atoms with E-state index in [-0.39, 0.29) is 6.04 Å². The molecule has 114 valence electrons. The molecule has 5 nitrogen and oxygen atoms in total. The smallest absolute Gasteiger partial charge is 0.160 e. The van der Waals surface area contributed by atoms with E-state index in [4.69, 9.17) is 0 Å². The standard InChI is InChI=1S/C16H25N5/c1-3-9-20-11-7-14(8-12-20)17-13(2)16-19-18-15-6-4-5-10-21(15)16/h4-6,10,13-14,17H,3,7-9,11-12H2,1-2H3. The minimum atomic E-state index is 0.227. The first kappa shape index (κ1) is 14.5. The normalized spacial score (nSPS) is 19.1. The van der Waals surface area contributed by atoms with Crippen LogP contribution < -0.4 is 5.32 Å². The van der Waals surface area contributed by atoms with Crippen LogP contribution in [0.1, 0.15) is 45.0 Å². The lowest BCUT2D eigenvalue weighted by atomic mass is 10.0. The Labute approximate surface area is 126 Å². The lowest BCUT2D eigenvalue weighted by Crippen LogP contribution is -2.43. The third-order valence-electron chi connectivity index (χ3n) is 4.34. The maximum absolute atomic E-state index is 4.35. The zero-order chi connectivity index (χ0) is 14.7. The van der Waals surface area contributed by atoms with Gasteiger partial charge in [0.25, 0.3) is 0 Å². The highest BCUT2D eigenvalue weighted by molar-refractivity contribution is 5.37. The highest BCUT2D eigenvalue weighted by atomic mass is 15.3. The second-order valence-electron chi connectivity index (χ2n) is 5.99. The number of nitrogens with one attached hydrogen (secondary N) is 1. The van der Waals surface area contributed by atoms with Gasteiger partial charge in [-0.15, -0.1) is 10.2 Å². The van der Waals surface area contributed by atoms with Gasteiger partial charge in [0, 0.05) is 12.2 Å². The Balaban J connectivity index is 1.61. The Hall–Kier alpha value is -1.46. The molecule has 0 spiro atoms. The van der Waals surface area contributed by atoms with Crippen LogP contribution in [0.2, 0.25) is 0 Å². The molecule has 3 rings (SSSR count). The van der Waals surface area contributed by atoms with Crippen molar-refractivity contribution < 1.29 is 0 Å². The molecule has 0 aromatic carbocycles.